The van der Waals surface area contributed by atoms with E-state index in [1.807, 2.05) is 9.95 Å². The van der Waals surface area contributed by atoms with Crippen LogP contribution in [0.25, 0.3) is 11.0 Å². The van der Waals surface area contributed by atoms with Crippen molar-refractivity contribution in [2.45, 2.75) is 46.4 Å². The standard InChI is InChI=1S/C17H17N3O4S3/c1-27(23,24)12-4-5-18-17-14(12)16(26-11-8-19-25-9-11)15-10(7-13(21)22)3-2-6-20(15)17/h4-5,8-10H,2-3,6-7H2,1H3,(H,21,22). The fraction of sp³-hybridized carbons (Fsp3) is 0.353. The van der Waals surface area contributed by atoms with E-state index in [0.717, 1.165) is 28.3 Å². The molecule has 1 atom stereocenters. The number of hydrogen-bond donors (Lipinski definition) is 1. The minimum absolute atomic E-state index is 0.0139. The van der Waals surface area contributed by atoms with E-state index in [1.165, 1.54) is 41.8 Å². The predicted octanol–water partition coefficient (Wildman–Crippen LogP) is 3.40. The summed E-state index contributed by atoms with van der Waals surface area (Å²) >= 11 is 2.76. The average Bonchev–Trinajstić information content (AvgIpc) is 3.21. The van der Waals surface area contributed by atoms with Crippen LogP contribution < -0.4 is 0 Å². The van der Waals surface area contributed by atoms with Crippen LogP contribution in [-0.4, -0.2) is 39.7 Å². The van der Waals surface area contributed by atoms with Gasteiger partial charge in [0.05, 0.1) is 22.9 Å². The highest BCUT2D eigenvalue weighted by Crippen LogP contribution is 2.47. The molecule has 10 heteroatoms. The van der Waals surface area contributed by atoms with E-state index in [9.17, 15) is 18.3 Å². The van der Waals surface area contributed by atoms with Gasteiger partial charge in [-0.3, -0.25) is 4.79 Å². The Morgan fingerprint density at radius 1 is 1.48 bits per heavy atom. The molecule has 0 bridgehead atoms. The molecule has 4 heterocycles. The third-order valence-corrected chi connectivity index (χ3v) is 7.62. The maximum absolute atomic E-state index is 12.4. The van der Waals surface area contributed by atoms with Crippen molar-refractivity contribution in [2.24, 2.45) is 0 Å². The first-order valence-corrected chi connectivity index (χ1v) is 11.9. The Morgan fingerprint density at radius 2 is 2.30 bits per heavy atom. The molecule has 1 N–H and O–H groups in total. The molecule has 142 valence electrons. The third kappa shape index (κ3) is 3.37. The number of carboxylic acids is 1. The zero-order chi connectivity index (χ0) is 19.2. The first-order valence-electron chi connectivity index (χ1n) is 8.36. The van der Waals surface area contributed by atoms with Crippen molar-refractivity contribution in [3.63, 3.8) is 0 Å². The van der Waals surface area contributed by atoms with Crippen molar-refractivity contribution in [3.8, 4) is 0 Å². The second-order valence-corrected chi connectivity index (χ2v) is 10.3. The van der Waals surface area contributed by atoms with Crippen molar-refractivity contribution in [2.75, 3.05) is 6.26 Å². The van der Waals surface area contributed by atoms with E-state index < -0.39 is 15.8 Å². The van der Waals surface area contributed by atoms with Crippen LogP contribution in [0.4, 0.5) is 0 Å². The second-order valence-electron chi connectivity index (χ2n) is 6.55. The molecule has 3 aromatic rings. The smallest absolute Gasteiger partial charge is 0.304 e. The highest BCUT2D eigenvalue weighted by atomic mass is 32.2. The molecule has 1 unspecified atom stereocenters. The lowest BCUT2D eigenvalue weighted by Gasteiger charge is -2.25. The van der Waals surface area contributed by atoms with Crippen LogP contribution in [0.1, 0.15) is 30.9 Å². The van der Waals surface area contributed by atoms with Gasteiger partial charge in [0.2, 0.25) is 0 Å². The number of hydrogen-bond acceptors (Lipinski definition) is 7. The minimum Gasteiger partial charge on any atom is -0.481 e. The van der Waals surface area contributed by atoms with Gasteiger partial charge in [-0.2, -0.15) is 4.37 Å². The molecule has 4 rings (SSSR count). The Balaban J connectivity index is 2.04. The topological polar surface area (TPSA) is 102 Å². The third-order valence-electron chi connectivity index (χ3n) is 4.67. The number of carboxylic acid groups (broad SMARTS) is 1. The SMILES string of the molecule is CS(=O)(=O)c1ccnc2c1c(Sc1cnsc1)c1n2CCCC1CC(=O)O. The lowest BCUT2D eigenvalue weighted by Crippen LogP contribution is -2.18. The molecule has 27 heavy (non-hydrogen) atoms. The van der Waals surface area contributed by atoms with Gasteiger partial charge in [-0.25, -0.2) is 13.4 Å². The number of sulfone groups is 1. The number of pyridine rings is 1. The zero-order valence-electron chi connectivity index (χ0n) is 14.5. The van der Waals surface area contributed by atoms with Crippen LogP contribution in [-0.2, 0) is 21.2 Å². The Hall–Kier alpha value is -1.91. The van der Waals surface area contributed by atoms with Crippen molar-refractivity contribution in [1.29, 1.82) is 0 Å². The molecule has 7 nitrogen and oxygen atoms in total. The molecule has 3 aromatic heterocycles. The number of aromatic nitrogens is 3. The maximum atomic E-state index is 12.4. The fourth-order valence-electron chi connectivity index (χ4n) is 3.67. The average molecular weight is 424 g/mol. The molecule has 0 saturated heterocycles. The zero-order valence-corrected chi connectivity index (χ0v) is 16.9. The summed E-state index contributed by atoms with van der Waals surface area (Å²) in [7, 11) is -3.47. The van der Waals surface area contributed by atoms with E-state index >= 15 is 0 Å². The molecule has 1 aliphatic heterocycles. The monoisotopic (exact) mass is 423 g/mol. The fourth-order valence-corrected chi connectivity index (χ4v) is 6.42. The van der Waals surface area contributed by atoms with Gasteiger partial charge in [-0.1, -0.05) is 11.8 Å². The van der Waals surface area contributed by atoms with Gasteiger partial charge in [0.1, 0.15) is 5.65 Å². The van der Waals surface area contributed by atoms with Gasteiger partial charge in [0.15, 0.2) is 9.84 Å². The lowest BCUT2D eigenvalue weighted by atomic mass is 9.93. The van der Waals surface area contributed by atoms with Crippen LogP contribution in [0.3, 0.4) is 0 Å². The molecule has 0 amide bonds. The minimum atomic E-state index is -3.47. The van der Waals surface area contributed by atoms with Crippen LogP contribution in [0.15, 0.2) is 38.5 Å². The molecule has 0 spiro atoms. The molecule has 0 saturated carbocycles. The Kier molecular flexibility index (Phi) is 4.73. The van der Waals surface area contributed by atoms with Gasteiger partial charge in [-0.05, 0) is 30.4 Å². The molecular weight excluding hydrogens is 406 g/mol. The quantitative estimate of drug-likeness (QED) is 0.671. The van der Waals surface area contributed by atoms with Gasteiger partial charge >= 0.3 is 5.97 Å². The summed E-state index contributed by atoms with van der Waals surface area (Å²) in [6, 6.07) is 1.52. The molecule has 0 aliphatic carbocycles. The molecule has 0 aromatic carbocycles. The number of aliphatic carboxylic acids is 1. The summed E-state index contributed by atoms with van der Waals surface area (Å²) in [5, 5.41) is 11.8. The largest absolute Gasteiger partial charge is 0.481 e. The predicted molar refractivity (Wildman–Crippen MR) is 103 cm³/mol. The highest BCUT2D eigenvalue weighted by Gasteiger charge is 2.32. The van der Waals surface area contributed by atoms with E-state index in [1.54, 1.807) is 6.20 Å². The van der Waals surface area contributed by atoms with Crippen LogP contribution in [0.5, 0.6) is 0 Å². The summed E-state index contributed by atoms with van der Waals surface area (Å²) in [6.07, 6.45) is 6.04. The van der Waals surface area contributed by atoms with Gasteiger partial charge in [-0.15, -0.1) is 0 Å². The van der Waals surface area contributed by atoms with Crippen molar-refractivity contribution in [1.82, 2.24) is 13.9 Å². The summed E-state index contributed by atoms with van der Waals surface area (Å²) in [4.78, 5) is 17.8. The van der Waals surface area contributed by atoms with Crippen molar-refractivity contribution < 1.29 is 18.3 Å². The van der Waals surface area contributed by atoms with Crippen LogP contribution in [0.2, 0.25) is 0 Å². The second kappa shape index (κ2) is 6.92. The lowest BCUT2D eigenvalue weighted by molar-refractivity contribution is -0.137. The van der Waals surface area contributed by atoms with E-state index in [0.29, 0.717) is 17.6 Å². The molecule has 0 fully saturated rings. The number of nitrogens with zero attached hydrogens (tertiary/aromatic N) is 3. The summed E-state index contributed by atoms with van der Waals surface area (Å²) in [5.74, 6) is -1.03. The van der Waals surface area contributed by atoms with Gasteiger partial charge in [0.25, 0.3) is 0 Å². The first kappa shape index (κ1) is 18.5. The van der Waals surface area contributed by atoms with E-state index in [-0.39, 0.29) is 17.2 Å². The molecule has 1 aliphatic rings. The van der Waals surface area contributed by atoms with Crippen LogP contribution in [0, 0.1) is 0 Å². The van der Waals surface area contributed by atoms with Crippen molar-refractivity contribution in [3.05, 3.63) is 29.5 Å². The number of rotatable bonds is 5. The molecule has 0 radical (unpaired) electrons. The van der Waals surface area contributed by atoms with Gasteiger partial charge in [0, 0.05) is 45.8 Å². The normalized spacial score (nSPS) is 17.1. The summed E-state index contributed by atoms with van der Waals surface area (Å²) in [5.41, 5.74) is 1.48. The Morgan fingerprint density at radius 3 is 2.96 bits per heavy atom. The number of carbonyl (C=O) groups is 1. The highest BCUT2D eigenvalue weighted by molar-refractivity contribution is 7.99. The maximum Gasteiger partial charge on any atom is 0.304 e. The van der Waals surface area contributed by atoms with E-state index in [2.05, 4.69) is 9.36 Å². The van der Waals surface area contributed by atoms with E-state index in [4.69, 9.17) is 0 Å². The summed E-state index contributed by atoms with van der Waals surface area (Å²) < 4.78 is 31.0. The number of fused-ring (bicyclic) bond motifs is 3. The summed E-state index contributed by atoms with van der Waals surface area (Å²) in [6.45, 7) is 0.699. The Bertz CT molecular complexity index is 1120. The first-order chi connectivity index (χ1) is 12.9. The number of aryl methyl sites for hydroxylation is 1. The molecular formula is C17H17N3O4S3. The van der Waals surface area contributed by atoms with Crippen LogP contribution >= 0.6 is 23.3 Å². The van der Waals surface area contributed by atoms with Gasteiger partial charge < -0.3 is 9.67 Å². The van der Waals surface area contributed by atoms with Crippen molar-refractivity contribution >= 4 is 50.1 Å². The Labute approximate surface area is 164 Å².